The van der Waals surface area contributed by atoms with Gasteiger partial charge in [0.1, 0.15) is 23.2 Å². The molecule has 0 saturated carbocycles. The average molecular weight is 348 g/mol. The maximum absolute atomic E-state index is 12.5. The first-order chi connectivity index (χ1) is 11.3. The number of amides is 4. The van der Waals surface area contributed by atoms with Crippen LogP contribution in [0.5, 0.6) is 0 Å². The van der Waals surface area contributed by atoms with Gasteiger partial charge in [0.15, 0.2) is 0 Å². The van der Waals surface area contributed by atoms with E-state index in [4.69, 9.17) is 5.26 Å². The van der Waals surface area contributed by atoms with Gasteiger partial charge in [0.25, 0.3) is 5.91 Å². The lowest BCUT2D eigenvalue weighted by molar-refractivity contribution is -0.133. The number of imide groups is 1. The van der Waals surface area contributed by atoms with E-state index in [9.17, 15) is 14.4 Å². The molecule has 128 valence electrons. The molecule has 24 heavy (non-hydrogen) atoms. The monoisotopic (exact) mass is 348 g/mol. The van der Waals surface area contributed by atoms with Crippen molar-refractivity contribution in [2.24, 2.45) is 5.92 Å². The number of hydrogen-bond donors (Lipinski definition) is 2. The van der Waals surface area contributed by atoms with Crippen LogP contribution < -0.4 is 10.6 Å². The van der Waals surface area contributed by atoms with Crippen molar-refractivity contribution in [3.8, 4) is 6.07 Å². The van der Waals surface area contributed by atoms with E-state index in [1.807, 2.05) is 19.9 Å². The fourth-order valence-corrected chi connectivity index (χ4v) is 3.19. The number of urea groups is 1. The molecular formula is C16H20N4O3S. The van der Waals surface area contributed by atoms with Crippen LogP contribution in [0.25, 0.3) is 0 Å². The average Bonchev–Trinajstić information content (AvgIpc) is 3.04. The molecule has 1 aliphatic heterocycles. The molecular weight excluding hydrogens is 328 g/mol. The smallest absolute Gasteiger partial charge is 0.323 e. The first-order valence-electron chi connectivity index (χ1n) is 7.68. The second-order valence-corrected chi connectivity index (χ2v) is 7.33. The standard InChI is InChI=1S/C16H20N4O3S/c1-10(2)4-6-16(3)14(22)20(15(23)19-16)9-12(21)18-13-11(8-17)5-7-24-13/h5,7,10H,4,6,9H2,1-3H3,(H,18,21)(H,19,23). The van der Waals surface area contributed by atoms with E-state index in [0.717, 1.165) is 11.3 Å². The minimum absolute atomic E-state index is 0.354. The Morgan fingerprint density at radius 2 is 2.21 bits per heavy atom. The van der Waals surface area contributed by atoms with E-state index in [0.29, 0.717) is 22.9 Å². The second kappa shape index (κ2) is 7.01. The van der Waals surface area contributed by atoms with Gasteiger partial charge < -0.3 is 10.6 Å². The molecule has 1 aromatic heterocycles. The van der Waals surface area contributed by atoms with Gasteiger partial charge in [0.05, 0.1) is 5.56 Å². The summed E-state index contributed by atoms with van der Waals surface area (Å²) in [6.45, 7) is 5.40. The Morgan fingerprint density at radius 3 is 2.83 bits per heavy atom. The Balaban J connectivity index is 2.02. The van der Waals surface area contributed by atoms with Gasteiger partial charge >= 0.3 is 6.03 Å². The number of hydrogen-bond acceptors (Lipinski definition) is 5. The van der Waals surface area contributed by atoms with Crippen molar-refractivity contribution in [3.05, 3.63) is 17.0 Å². The number of nitrogens with zero attached hydrogens (tertiary/aromatic N) is 2. The van der Waals surface area contributed by atoms with E-state index in [1.165, 1.54) is 11.3 Å². The van der Waals surface area contributed by atoms with Crippen LogP contribution in [0.1, 0.15) is 39.2 Å². The summed E-state index contributed by atoms with van der Waals surface area (Å²) in [6, 6.07) is 3.00. The zero-order valence-electron chi connectivity index (χ0n) is 13.9. The Bertz CT molecular complexity index is 706. The lowest BCUT2D eigenvalue weighted by Gasteiger charge is -2.22. The molecule has 0 bridgehead atoms. The molecule has 1 unspecified atom stereocenters. The number of nitrogens with one attached hydrogen (secondary N) is 2. The van der Waals surface area contributed by atoms with Gasteiger partial charge in [-0.2, -0.15) is 5.26 Å². The van der Waals surface area contributed by atoms with Crippen LogP contribution in [0.15, 0.2) is 11.4 Å². The van der Waals surface area contributed by atoms with E-state index in [-0.39, 0.29) is 6.54 Å². The first kappa shape index (κ1) is 17.9. The Hall–Kier alpha value is -2.40. The summed E-state index contributed by atoms with van der Waals surface area (Å²) in [7, 11) is 0. The fourth-order valence-electron chi connectivity index (χ4n) is 2.44. The van der Waals surface area contributed by atoms with Crippen LogP contribution in [0.4, 0.5) is 9.80 Å². The van der Waals surface area contributed by atoms with Crippen LogP contribution in [-0.4, -0.2) is 34.8 Å². The summed E-state index contributed by atoms with van der Waals surface area (Å²) < 4.78 is 0. The van der Waals surface area contributed by atoms with Crippen molar-refractivity contribution in [2.75, 3.05) is 11.9 Å². The summed E-state index contributed by atoms with van der Waals surface area (Å²) in [4.78, 5) is 37.6. The number of thiophene rings is 1. The number of rotatable bonds is 6. The van der Waals surface area contributed by atoms with Crippen molar-refractivity contribution in [1.29, 1.82) is 5.26 Å². The third-order valence-electron chi connectivity index (χ3n) is 3.91. The van der Waals surface area contributed by atoms with Crippen molar-refractivity contribution >= 4 is 34.2 Å². The molecule has 1 fully saturated rings. The number of nitriles is 1. The highest BCUT2D eigenvalue weighted by Crippen LogP contribution is 2.25. The molecule has 0 spiro atoms. The van der Waals surface area contributed by atoms with Gasteiger partial charge in [-0.25, -0.2) is 4.79 Å². The lowest BCUT2D eigenvalue weighted by atomic mass is 9.92. The molecule has 0 radical (unpaired) electrons. The molecule has 2 heterocycles. The third-order valence-corrected chi connectivity index (χ3v) is 4.74. The van der Waals surface area contributed by atoms with Crippen LogP contribution in [0.2, 0.25) is 0 Å². The quantitative estimate of drug-likeness (QED) is 0.770. The predicted octanol–water partition coefficient (Wildman–Crippen LogP) is 2.30. The number of carbonyl (C=O) groups is 3. The van der Waals surface area contributed by atoms with Crippen molar-refractivity contribution in [1.82, 2.24) is 10.2 Å². The second-order valence-electron chi connectivity index (χ2n) is 6.41. The normalized spacial score (nSPS) is 20.2. The number of carbonyl (C=O) groups excluding carboxylic acids is 3. The van der Waals surface area contributed by atoms with Crippen molar-refractivity contribution in [2.45, 2.75) is 39.2 Å². The van der Waals surface area contributed by atoms with Gasteiger partial charge in [-0.05, 0) is 37.1 Å². The summed E-state index contributed by atoms with van der Waals surface area (Å²) in [5, 5.41) is 16.3. The van der Waals surface area contributed by atoms with Crippen LogP contribution in [-0.2, 0) is 9.59 Å². The SMILES string of the molecule is CC(C)CCC1(C)NC(=O)N(CC(=O)Nc2sccc2C#N)C1=O. The molecule has 1 atom stereocenters. The summed E-state index contributed by atoms with van der Waals surface area (Å²) in [6.07, 6.45) is 1.32. The van der Waals surface area contributed by atoms with Gasteiger partial charge in [0.2, 0.25) is 5.91 Å². The molecule has 7 nitrogen and oxygen atoms in total. The molecule has 1 aliphatic rings. The topological polar surface area (TPSA) is 102 Å². The summed E-state index contributed by atoms with van der Waals surface area (Å²) >= 11 is 1.21. The Labute approximate surface area is 144 Å². The molecule has 4 amide bonds. The summed E-state index contributed by atoms with van der Waals surface area (Å²) in [5.41, 5.74) is -0.616. The zero-order valence-corrected chi connectivity index (χ0v) is 14.7. The van der Waals surface area contributed by atoms with Crippen LogP contribution in [0.3, 0.4) is 0 Å². The Morgan fingerprint density at radius 1 is 1.50 bits per heavy atom. The maximum atomic E-state index is 12.5. The highest BCUT2D eigenvalue weighted by atomic mass is 32.1. The molecule has 1 saturated heterocycles. The highest BCUT2D eigenvalue weighted by molar-refractivity contribution is 7.14. The van der Waals surface area contributed by atoms with Crippen LogP contribution in [0, 0.1) is 17.2 Å². The molecule has 1 aromatic rings. The minimum Gasteiger partial charge on any atom is -0.323 e. The van der Waals surface area contributed by atoms with Gasteiger partial charge in [-0.1, -0.05) is 13.8 Å². The highest BCUT2D eigenvalue weighted by Gasteiger charge is 2.47. The lowest BCUT2D eigenvalue weighted by Crippen LogP contribution is -2.44. The molecule has 8 heteroatoms. The summed E-state index contributed by atoms with van der Waals surface area (Å²) in [5.74, 6) is -0.493. The predicted molar refractivity (Wildman–Crippen MR) is 90.4 cm³/mol. The van der Waals surface area contributed by atoms with Crippen molar-refractivity contribution < 1.29 is 14.4 Å². The third kappa shape index (κ3) is 3.74. The number of anilines is 1. The van der Waals surface area contributed by atoms with E-state index in [2.05, 4.69) is 10.6 Å². The Kier molecular flexibility index (Phi) is 5.24. The molecule has 2 rings (SSSR count). The van der Waals surface area contributed by atoms with Crippen LogP contribution >= 0.6 is 11.3 Å². The largest absolute Gasteiger partial charge is 0.325 e. The van der Waals surface area contributed by atoms with Gasteiger partial charge in [0, 0.05) is 0 Å². The minimum atomic E-state index is -0.970. The molecule has 0 aromatic carbocycles. The first-order valence-corrected chi connectivity index (χ1v) is 8.56. The van der Waals surface area contributed by atoms with E-state index >= 15 is 0 Å². The van der Waals surface area contributed by atoms with E-state index < -0.39 is 23.4 Å². The maximum Gasteiger partial charge on any atom is 0.325 e. The zero-order chi connectivity index (χ0) is 17.9. The van der Waals surface area contributed by atoms with Gasteiger partial charge in [-0.3, -0.25) is 14.5 Å². The van der Waals surface area contributed by atoms with Gasteiger partial charge in [-0.15, -0.1) is 11.3 Å². The fraction of sp³-hybridized carbons (Fsp3) is 0.500. The van der Waals surface area contributed by atoms with Crippen molar-refractivity contribution in [3.63, 3.8) is 0 Å². The molecule has 2 N–H and O–H groups in total. The molecule has 0 aliphatic carbocycles. The van der Waals surface area contributed by atoms with E-state index in [1.54, 1.807) is 18.4 Å².